The van der Waals surface area contributed by atoms with Gasteiger partial charge in [-0.1, -0.05) is 23.7 Å². The summed E-state index contributed by atoms with van der Waals surface area (Å²) < 4.78 is 5.81. The summed E-state index contributed by atoms with van der Waals surface area (Å²) in [6.45, 7) is 1.34. The van der Waals surface area contributed by atoms with Crippen LogP contribution in [0.4, 0.5) is 17.2 Å². The van der Waals surface area contributed by atoms with Crippen LogP contribution < -0.4 is 15.4 Å². The molecule has 1 aliphatic rings. The lowest BCUT2D eigenvalue weighted by Crippen LogP contribution is -2.20. The molecule has 4 rings (SSSR count). The number of aromatic nitrogens is 2. The van der Waals surface area contributed by atoms with Crippen molar-refractivity contribution in [3.05, 3.63) is 59.9 Å². The summed E-state index contributed by atoms with van der Waals surface area (Å²) in [5.41, 5.74) is 3.57. The zero-order valence-corrected chi connectivity index (χ0v) is 13.5. The Kier molecular flexibility index (Phi) is 3.92. The first kappa shape index (κ1) is 14.8. The molecule has 0 amide bonds. The van der Waals surface area contributed by atoms with Crippen LogP contribution in [0.5, 0.6) is 5.75 Å². The number of fused-ring (bicyclic) bond motifs is 1. The summed E-state index contributed by atoms with van der Waals surface area (Å²) in [5, 5.41) is 7.35. The monoisotopic (exact) mass is 338 g/mol. The van der Waals surface area contributed by atoms with Crippen LogP contribution >= 0.6 is 11.6 Å². The number of nitrogens with zero attached hydrogens (tertiary/aromatic N) is 2. The third-order valence-corrected chi connectivity index (χ3v) is 3.93. The second-order valence-electron chi connectivity index (χ2n) is 5.38. The van der Waals surface area contributed by atoms with Crippen LogP contribution in [-0.4, -0.2) is 23.1 Å². The number of ether oxygens (including phenoxy) is 1. The molecular weight excluding hydrogens is 324 g/mol. The Morgan fingerprint density at radius 2 is 2.00 bits per heavy atom. The van der Waals surface area contributed by atoms with Gasteiger partial charge < -0.3 is 15.4 Å². The molecule has 1 aliphatic heterocycles. The fourth-order valence-corrected chi connectivity index (χ4v) is 2.79. The Morgan fingerprint density at radius 1 is 1.12 bits per heavy atom. The van der Waals surface area contributed by atoms with Crippen molar-refractivity contribution in [3.63, 3.8) is 0 Å². The summed E-state index contributed by atoms with van der Waals surface area (Å²) in [4.78, 5) is 8.72. The van der Waals surface area contributed by atoms with Crippen LogP contribution in [0.3, 0.4) is 0 Å². The van der Waals surface area contributed by atoms with E-state index in [2.05, 4.69) is 20.6 Å². The Morgan fingerprint density at radius 3 is 2.83 bits per heavy atom. The number of pyridine rings is 2. The molecule has 120 valence electrons. The minimum Gasteiger partial charge on any atom is -0.486 e. The van der Waals surface area contributed by atoms with E-state index in [0.717, 1.165) is 40.7 Å². The third kappa shape index (κ3) is 2.98. The second kappa shape index (κ2) is 6.37. The quantitative estimate of drug-likeness (QED) is 0.743. The molecule has 0 spiro atoms. The van der Waals surface area contributed by atoms with Gasteiger partial charge in [0.25, 0.3) is 0 Å². The van der Waals surface area contributed by atoms with Crippen LogP contribution in [0.25, 0.3) is 11.3 Å². The molecular formula is C18H15ClN4O. The van der Waals surface area contributed by atoms with Gasteiger partial charge in [0.15, 0.2) is 11.6 Å². The standard InChI is InChI=1S/C18H15ClN4O/c19-13-3-1-2-12(10-13)15-11-16(22-14-4-6-20-7-5-14)17-18(23-15)21-8-9-24-17/h1-7,10-11H,8-9H2,(H2,20,21,22,23). The van der Waals surface area contributed by atoms with Crippen LogP contribution in [0.1, 0.15) is 0 Å². The summed E-state index contributed by atoms with van der Waals surface area (Å²) in [6.07, 6.45) is 3.49. The minimum atomic E-state index is 0.607. The fraction of sp³-hybridized carbons (Fsp3) is 0.111. The molecule has 2 aromatic heterocycles. The molecule has 5 nitrogen and oxygen atoms in total. The molecule has 0 saturated heterocycles. The molecule has 0 bridgehead atoms. The average molecular weight is 339 g/mol. The van der Waals surface area contributed by atoms with Crippen molar-refractivity contribution in [1.82, 2.24) is 9.97 Å². The molecule has 0 atom stereocenters. The Balaban J connectivity index is 1.80. The molecule has 3 heterocycles. The second-order valence-corrected chi connectivity index (χ2v) is 5.82. The Labute approximate surface area is 144 Å². The van der Waals surface area contributed by atoms with Gasteiger partial charge in [0.05, 0.1) is 17.9 Å². The van der Waals surface area contributed by atoms with E-state index in [-0.39, 0.29) is 0 Å². The van der Waals surface area contributed by atoms with Gasteiger partial charge in [0, 0.05) is 28.7 Å². The maximum Gasteiger partial charge on any atom is 0.185 e. The average Bonchev–Trinajstić information content (AvgIpc) is 2.62. The summed E-state index contributed by atoms with van der Waals surface area (Å²) >= 11 is 6.12. The molecule has 6 heteroatoms. The highest BCUT2D eigenvalue weighted by Crippen LogP contribution is 2.39. The summed E-state index contributed by atoms with van der Waals surface area (Å²) in [6, 6.07) is 13.4. The van der Waals surface area contributed by atoms with E-state index in [1.165, 1.54) is 0 Å². The smallest absolute Gasteiger partial charge is 0.185 e. The number of halogens is 1. The lowest BCUT2D eigenvalue weighted by molar-refractivity contribution is 0.323. The molecule has 0 radical (unpaired) electrons. The first-order valence-corrected chi connectivity index (χ1v) is 8.02. The van der Waals surface area contributed by atoms with Crippen LogP contribution in [0, 0.1) is 0 Å². The van der Waals surface area contributed by atoms with E-state index < -0.39 is 0 Å². The number of nitrogens with one attached hydrogen (secondary N) is 2. The Hall–Kier alpha value is -2.79. The number of hydrogen-bond acceptors (Lipinski definition) is 5. The van der Waals surface area contributed by atoms with E-state index in [0.29, 0.717) is 11.6 Å². The number of anilines is 3. The van der Waals surface area contributed by atoms with Gasteiger partial charge in [0.1, 0.15) is 6.61 Å². The molecule has 2 N–H and O–H groups in total. The van der Waals surface area contributed by atoms with Crippen molar-refractivity contribution in [1.29, 1.82) is 0 Å². The maximum absolute atomic E-state index is 6.12. The topological polar surface area (TPSA) is 59.1 Å². The van der Waals surface area contributed by atoms with Gasteiger partial charge in [-0.3, -0.25) is 4.98 Å². The molecule has 0 saturated carbocycles. The zero-order valence-electron chi connectivity index (χ0n) is 12.8. The van der Waals surface area contributed by atoms with Crippen LogP contribution in [0.15, 0.2) is 54.9 Å². The normalized spacial score (nSPS) is 12.7. The van der Waals surface area contributed by atoms with Gasteiger partial charge in [-0.25, -0.2) is 4.98 Å². The molecule has 0 unspecified atom stereocenters. The molecule has 0 aliphatic carbocycles. The highest BCUT2D eigenvalue weighted by molar-refractivity contribution is 6.30. The number of rotatable bonds is 3. The molecule has 3 aromatic rings. The van der Waals surface area contributed by atoms with Crippen molar-refractivity contribution >= 4 is 28.8 Å². The van der Waals surface area contributed by atoms with Crippen molar-refractivity contribution in [2.75, 3.05) is 23.8 Å². The molecule has 1 aromatic carbocycles. The maximum atomic E-state index is 6.12. The highest BCUT2D eigenvalue weighted by atomic mass is 35.5. The lowest BCUT2D eigenvalue weighted by Gasteiger charge is -2.22. The first-order chi connectivity index (χ1) is 11.8. The van der Waals surface area contributed by atoms with Crippen molar-refractivity contribution in [2.24, 2.45) is 0 Å². The fourth-order valence-electron chi connectivity index (χ4n) is 2.60. The Bertz CT molecular complexity index is 870. The zero-order chi connectivity index (χ0) is 16.4. The SMILES string of the molecule is Clc1cccc(-c2cc(Nc3ccncc3)c3c(n2)NCCO3)c1. The highest BCUT2D eigenvalue weighted by Gasteiger charge is 2.18. The van der Waals surface area contributed by atoms with E-state index >= 15 is 0 Å². The summed E-state index contributed by atoms with van der Waals surface area (Å²) in [5.74, 6) is 1.46. The van der Waals surface area contributed by atoms with E-state index in [1.807, 2.05) is 42.5 Å². The van der Waals surface area contributed by atoms with Crippen molar-refractivity contribution in [2.45, 2.75) is 0 Å². The number of hydrogen-bond donors (Lipinski definition) is 2. The first-order valence-electron chi connectivity index (χ1n) is 7.64. The predicted octanol–water partition coefficient (Wildman–Crippen LogP) is 4.34. The molecule has 0 fully saturated rings. The van der Waals surface area contributed by atoms with E-state index in [9.17, 15) is 0 Å². The van der Waals surface area contributed by atoms with Gasteiger partial charge in [-0.05, 0) is 30.3 Å². The van der Waals surface area contributed by atoms with E-state index in [1.54, 1.807) is 12.4 Å². The van der Waals surface area contributed by atoms with Crippen LogP contribution in [0.2, 0.25) is 5.02 Å². The molecule has 24 heavy (non-hydrogen) atoms. The summed E-state index contributed by atoms with van der Waals surface area (Å²) in [7, 11) is 0. The van der Waals surface area contributed by atoms with E-state index in [4.69, 9.17) is 16.3 Å². The van der Waals surface area contributed by atoms with Gasteiger partial charge >= 0.3 is 0 Å². The van der Waals surface area contributed by atoms with Gasteiger partial charge in [-0.2, -0.15) is 0 Å². The van der Waals surface area contributed by atoms with Crippen LogP contribution in [-0.2, 0) is 0 Å². The van der Waals surface area contributed by atoms with Gasteiger partial charge in [-0.15, -0.1) is 0 Å². The number of benzene rings is 1. The van der Waals surface area contributed by atoms with Crippen molar-refractivity contribution < 1.29 is 4.74 Å². The van der Waals surface area contributed by atoms with Crippen molar-refractivity contribution in [3.8, 4) is 17.0 Å². The van der Waals surface area contributed by atoms with Gasteiger partial charge in [0.2, 0.25) is 0 Å². The predicted molar refractivity (Wildman–Crippen MR) is 96.2 cm³/mol. The minimum absolute atomic E-state index is 0.607. The largest absolute Gasteiger partial charge is 0.486 e. The third-order valence-electron chi connectivity index (χ3n) is 3.69. The lowest BCUT2D eigenvalue weighted by atomic mass is 10.1.